The number of methoxy groups -OCH3 is 2. The Morgan fingerprint density at radius 1 is 1.13 bits per heavy atom. The van der Waals surface area contributed by atoms with Crippen molar-refractivity contribution in [1.29, 1.82) is 0 Å². The second-order valence-corrected chi connectivity index (χ2v) is 8.18. The average Bonchev–Trinajstić information content (AvgIpc) is 3.19. The normalized spacial score (nSPS) is 17.8. The molecule has 3 aromatic rings. The van der Waals surface area contributed by atoms with E-state index in [1.165, 1.54) is 11.3 Å². The van der Waals surface area contributed by atoms with Crippen LogP contribution in [0.4, 0.5) is 5.13 Å². The lowest BCUT2D eigenvalue weighted by Crippen LogP contribution is -2.44. The average molecular weight is 438 g/mol. The fourth-order valence-electron chi connectivity index (χ4n) is 4.00. The van der Waals surface area contributed by atoms with Gasteiger partial charge in [-0.1, -0.05) is 24.3 Å². The van der Waals surface area contributed by atoms with Crippen LogP contribution in [0, 0.1) is 6.92 Å². The first-order valence-electron chi connectivity index (χ1n) is 9.75. The molecule has 1 N–H and O–H groups in total. The Hall–Kier alpha value is -3.39. The van der Waals surface area contributed by atoms with Gasteiger partial charge in [0, 0.05) is 18.0 Å². The minimum Gasteiger partial charge on any atom is -0.493 e. The number of carbonyl (C=O) groups excluding carboxylic acids is 2. The summed E-state index contributed by atoms with van der Waals surface area (Å²) in [5.41, 5.74) is 2.83. The van der Waals surface area contributed by atoms with Crippen molar-refractivity contribution in [2.75, 3.05) is 26.6 Å². The molecule has 2 heterocycles. The minimum absolute atomic E-state index is 0.135. The van der Waals surface area contributed by atoms with Gasteiger partial charge in [0.1, 0.15) is 0 Å². The Balaban J connectivity index is 1.83. The fourth-order valence-corrected chi connectivity index (χ4v) is 4.70. The van der Waals surface area contributed by atoms with Gasteiger partial charge < -0.3 is 19.7 Å². The van der Waals surface area contributed by atoms with Crippen molar-refractivity contribution in [3.8, 4) is 11.5 Å². The lowest BCUT2D eigenvalue weighted by atomic mass is 9.79. The van der Waals surface area contributed by atoms with Gasteiger partial charge in [0.15, 0.2) is 16.6 Å². The van der Waals surface area contributed by atoms with E-state index in [4.69, 9.17) is 9.47 Å². The van der Waals surface area contributed by atoms with E-state index in [2.05, 4.69) is 10.3 Å². The number of benzene rings is 2. The molecule has 1 aliphatic rings. The molecule has 0 saturated heterocycles. The predicted molar refractivity (Wildman–Crippen MR) is 119 cm³/mol. The number of carbonyl (C=O) groups is 2. The second-order valence-electron chi connectivity index (χ2n) is 7.32. The molecule has 0 bridgehead atoms. The fraction of sp³-hybridized carbons (Fsp3) is 0.261. The molecule has 7 nitrogen and oxygen atoms in total. The number of aromatic nitrogens is 1. The second kappa shape index (κ2) is 8.39. The van der Waals surface area contributed by atoms with Gasteiger partial charge in [-0.2, -0.15) is 0 Å². The van der Waals surface area contributed by atoms with Gasteiger partial charge in [0.25, 0.3) is 5.91 Å². The van der Waals surface area contributed by atoms with E-state index in [0.29, 0.717) is 27.8 Å². The summed E-state index contributed by atoms with van der Waals surface area (Å²) in [6, 6.07) is 12.2. The lowest BCUT2D eigenvalue weighted by molar-refractivity contribution is -0.119. The topological polar surface area (TPSA) is 80.8 Å². The first kappa shape index (κ1) is 20.9. The van der Waals surface area contributed by atoms with E-state index in [1.54, 1.807) is 44.4 Å². The molecule has 0 spiro atoms. The van der Waals surface area contributed by atoms with Gasteiger partial charge in [0.05, 0.1) is 31.9 Å². The van der Waals surface area contributed by atoms with E-state index in [1.807, 2.05) is 36.6 Å². The number of thiazole rings is 1. The van der Waals surface area contributed by atoms with Crippen LogP contribution in [-0.4, -0.2) is 43.0 Å². The highest BCUT2D eigenvalue weighted by Gasteiger charge is 2.43. The molecular formula is C23H23N3O4S. The number of amides is 2. The standard InChI is InChI=1S/C23H23N3O4S/c1-13-12-31-23(24-13)25-21(27)19-15-7-5-6-8-16(15)22(28)26(2)20(19)14-9-10-17(29-3)18(11-14)30-4/h5-12,19-20H,1-4H3,(H,24,25,27)/t19-,20+/m1/s1. The molecule has 1 aromatic heterocycles. The number of nitrogens with zero attached hydrogens (tertiary/aromatic N) is 2. The number of aryl methyl sites for hydroxylation is 1. The van der Waals surface area contributed by atoms with Gasteiger partial charge in [-0.05, 0) is 36.2 Å². The molecule has 2 atom stereocenters. The molecule has 31 heavy (non-hydrogen) atoms. The summed E-state index contributed by atoms with van der Waals surface area (Å²) >= 11 is 1.37. The number of hydrogen-bond acceptors (Lipinski definition) is 6. The van der Waals surface area contributed by atoms with Crippen LogP contribution in [-0.2, 0) is 4.79 Å². The Morgan fingerprint density at radius 2 is 1.87 bits per heavy atom. The van der Waals surface area contributed by atoms with Gasteiger partial charge in [-0.15, -0.1) is 11.3 Å². The van der Waals surface area contributed by atoms with Crippen LogP contribution in [0.25, 0.3) is 0 Å². The Labute approximate surface area is 184 Å². The van der Waals surface area contributed by atoms with Crippen molar-refractivity contribution in [1.82, 2.24) is 9.88 Å². The van der Waals surface area contributed by atoms with Crippen LogP contribution in [0.15, 0.2) is 47.8 Å². The monoisotopic (exact) mass is 437 g/mol. The van der Waals surface area contributed by atoms with Crippen molar-refractivity contribution in [3.05, 3.63) is 70.2 Å². The highest BCUT2D eigenvalue weighted by Crippen LogP contribution is 2.44. The quantitative estimate of drug-likeness (QED) is 0.652. The van der Waals surface area contributed by atoms with E-state index >= 15 is 0 Å². The predicted octanol–water partition coefficient (Wildman–Crippen LogP) is 4.02. The number of rotatable bonds is 5. The maximum Gasteiger partial charge on any atom is 0.254 e. The van der Waals surface area contributed by atoms with Crippen LogP contribution in [0.5, 0.6) is 11.5 Å². The van der Waals surface area contributed by atoms with E-state index < -0.39 is 12.0 Å². The molecule has 2 amide bonds. The SMILES string of the molecule is COc1ccc([C@H]2[C@H](C(=O)Nc3nc(C)cs3)c3ccccc3C(=O)N2C)cc1OC. The Kier molecular flexibility index (Phi) is 5.65. The highest BCUT2D eigenvalue weighted by molar-refractivity contribution is 7.13. The molecule has 0 radical (unpaired) electrons. The minimum atomic E-state index is -0.624. The third kappa shape index (κ3) is 3.74. The first-order valence-corrected chi connectivity index (χ1v) is 10.6. The van der Waals surface area contributed by atoms with Crippen molar-refractivity contribution < 1.29 is 19.1 Å². The molecular weight excluding hydrogens is 414 g/mol. The van der Waals surface area contributed by atoms with Crippen molar-refractivity contribution in [3.63, 3.8) is 0 Å². The summed E-state index contributed by atoms with van der Waals surface area (Å²) in [7, 11) is 4.84. The van der Waals surface area contributed by atoms with Gasteiger partial charge in [-0.3, -0.25) is 9.59 Å². The molecule has 0 saturated carbocycles. The smallest absolute Gasteiger partial charge is 0.254 e. The zero-order valence-electron chi connectivity index (χ0n) is 17.7. The summed E-state index contributed by atoms with van der Waals surface area (Å²) in [5, 5.41) is 5.35. The Bertz CT molecular complexity index is 1140. The maximum atomic E-state index is 13.5. The third-order valence-corrected chi connectivity index (χ3v) is 6.34. The zero-order valence-corrected chi connectivity index (χ0v) is 18.5. The van der Waals surface area contributed by atoms with Crippen LogP contribution < -0.4 is 14.8 Å². The Morgan fingerprint density at radius 3 is 2.55 bits per heavy atom. The number of nitrogens with one attached hydrogen (secondary N) is 1. The largest absolute Gasteiger partial charge is 0.493 e. The maximum absolute atomic E-state index is 13.5. The number of fused-ring (bicyclic) bond motifs is 1. The van der Waals surface area contributed by atoms with E-state index in [-0.39, 0.29) is 11.8 Å². The van der Waals surface area contributed by atoms with E-state index in [0.717, 1.165) is 11.3 Å². The molecule has 0 fully saturated rings. The van der Waals surface area contributed by atoms with Gasteiger partial charge in [0.2, 0.25) is 5.91 Å². The molecule has 0 aliphatic carbocycles. The summed E-state index contributed by atoms with van der Waals surface area (Å²) in [5.74, 6) is 0.136. The third-order valence-electron chi connectivity index (χ3n) is 5.46. The van der Waals surface area contributed by atoms with Gasteiger partial charge in [-0.25, -0.2) is 4.98 Å². The number of ether oxygens (including phenoxy) is 2. The molecule has 2 aromatic carbocycles. The molecule has 4 rings (SSSR count). The summed E-state index contributed by atoms with van der Waals surface area (Å²) in [6.07, 6.45) is 0. The number of likely N-dealkylation sites (N-methyl/N-ethyl adjacent to an activating group) is 1. The number of anilines is 1. The summed E-state index contributed by atoms with van der Waals surface area (Å²) in [6.45, 7) is 1.88. The molecule has 0 unspecified atom stereocenters. The number of hydrogen-bond donors (Lipinski definition) is 1. The lowest BCUT2D eigenvalue weighted by Gasteiger charge is -2.39. The van der Waals surface area contributed by atoms with Crippen LogP contribution in [0.3, 0.4) is 0 Å². The van der Waals surface area contributed by atoms with Crippen molar-refractivity contribution in [2.45, 2.75) is 18.9 Å². The van der Waals surface area contributed by atoms with E-state index in [9.17, 15) is 9.59 Å². The van der Waals surface area contributed by atoms with Crippen molar-refractivity contribution in [2.24, 2.45) is 0 Å². The zero-order chi connectivity index (χ0) is 22.1. The first-order chi connectivity index (χ1) is 14.9. The molecule has 160 valence electrons. The molecule has 8 heteroatoms. The van der Waals surface area contributed by atoms with Crippen LogP contribution >= 0.6 is 11.3 Å². The van der Waals surface area contributed by atoms with Crippen molar-refractivity contribution >= 4 is 28.3 Å². The van der Waals surface area contributed by atoms with Crippen LogP contribution in [0.1, 0.15) is 39.1 Å². The van der Waals surface area contributed by atoms with Gasteiger partial charge >= 0.3 is 0 Å². The molecule has 1 aliphatic heterocycles. The summed E-state index contributed by atoms with van der Waals surface area (Å²) in [4.78, 5) is 32.6. The summed E-state index contributed by atoms with van der Waals surface area (Å²) < 4.78 is 10.8. The van der Waals surface area contributed by atoms with Crippen LogP contribution in [0.2, 0.25) is 0 Å². The highest BCUT2D eigenvalue weighted by atomic mass is 32.1.